The second-order valence-electron chi connectivity index (χ2n) is 2.33. The van der Waals surface area contributed by atoms with Crippen molar-refractivity contribution in [2.24, 2.45) is 0 Å². The average Bonchev–Trinajstić information content (AvgIpc) is 2.34. The Morgan fingerprint density at radius 2 is 0.938 bits per heavy atom. The van der Waals surface area contributed by atoms with Crippen molar-refractivity contribution >= 4 is 0 Å². The van der Waals surface area contributed by atoms with Gasteiger partial charge in [-0.15, -0.1) is 0 Å². The third kappa shape index (κ3) is 8.98. The van der Waals surface area contributed by atoms with E-state index >= 15 is 0 Å². The van der Waals surface area contributed by atoms with Gasteiger partial charge in [0.2, 0.25) is 0 Å². The Hall–Kier alpha value is -0.280. The molecule has 0 atom stereocenters. The van der Waals surface area contributed by atoms with Crippen LogP contribution in [0, 0.1) is 0 Å². The third-order valence-electron chi connectivity index (χ3n) is 1.40. The van der Waals surface area contributed by atoms with E-state index in [4.69, 9.17) is 18.9 Å². The fraction of sp³-hybridized carbons (Fsp3) is 1.00. The smallest absolute Gasteiger partial charge is 0.359 e. The standard InChI is InChI=1S/C5H12O4.C4H10O3/c1-6-5(7-2,8-3)9-4;1-5-3-7-4-6-2/h1-4H3;3-4H2,1-2H3. The summed E-state index contributed by atoms with van der Waals surface area (Å²) in [5, 5.41) is 0. The molecule has 7 heteroatoms. The highest BCUT2D eigenvalue weighted by atomic mass is 17.0. The number of hydrogen-bond donors (Lipinski definition) is 0. The summed E-state index contributed by atoms with van der Waals surface area (Å²) in [4.78, 5) is 0. The number of rotatable bonds is 8. The maximum absolute atomic E-state index is 4.72. The highest BCUT2D eigenvalue weighted by molar-refractivity contribution is 4.30. The maximum atomic E-state index is 4.72. The number of hydrogen-bond acceptors (Lipinski definition) is 7. The molecule has 0 aromatic carbocycles. The SMILES string of the molecule is COC(OC)(OC)OC.COCOCOC. The van der Waals surface area contributed by atoms with Gasteiger partial charge in [0.25, 0.3) is 0 Å². The van der Waals surface area contributed by atoms with Gasteiger partial charge in [0, 0.05) is 42.7 Å². The monoisotopic (exact) mass is 242 g/mol. The zero-order valence-electron chi connectivity index (χ0n) is 10.8. The van der Waals surface area contributed by atoms with Crippen molar-refractivity contribution in [3.8, 4) is 0 Å². The minimum atomic E-state index is -1.33. The Kier molecular flexibility index (Phi) is 14.5. The van der Waals surface area contributed by atoms with Gasteiger partial charge in [-0.05, 0) is 0 Å². The minimum Gasteiger partial charge on any atom is -0.359 e. The van der Waals surface area contributed by atoms with E-state index in [-0.39, 0.29) is 0 Å². The van der Waals surface area contributed by atoms with E-state index < -0.39 is 6.16 Å². The summed E-state index contributed by atoms with van der Waals surface area (Å²) in [5.41, 5.74) is 0. The Balaban J connectivity index is 0. The molecule has 7 nitrogen and oxygen atoms in total. The van der Waals surface area contributed by atoms with E-state index in [1.807, 2.05) is 0 Å². The van der Waals surface area contributed by atoms with Crippen LogP contribution >= 0.6 is 0 Å². The quantitative estimate of drug-likeness (QED) is 0.450. The van der Waals surface area contributed by atoms with Crippen LogP contribution in [0.5, 0.6) is 0 Å². The van der Waals surface area contributed by atoms with Crippen LogP contribution in [0.25, 0.3) is 0 Å². The molecule has 0 unspecified atom stereocenters. The van der Waals surface area contributed by atoms with Gasteiger partial charge >= 0.3 is 6.16 Å². The molecule has 0 amide bonds. The van der Waals surface area contributed by atoms with E-state index in [0.29, 0.717) is 13.6 Å². The summed E-state index contributed by atoms with van der Waals surface area (Å²) in [7, 11) is 8.84. The molecule has 0 bridgehead atoms. The van der Waals surface area contributed by atoms with Gasteiger partial charge in [-0.25, -0.2) is 0 Å². The first-order valence-corrected chi connectivity index (χ1v) is 4.42. The molecule has 0 N–H and O–H groups in total. The molecule has 0 fully saturated rings. The highest BCUT2D eigenvalue weighted by Gasteiger charge is 2.28. The van der Waals surface area contributed by atoms with Crippen LogP contribution in [0.1, 0.15) is 0 Å². The number of methoxy groups -OCH3 is 6. The van der Waals surface area contributed by atoms with Crippen LogP contribution in [0.4, 0.5) is 0 Å². The Bertz CT molecular complexity index is 106. The van der Waals surface area contributed by atoms with Gasteiger partial charge in [-0.3, -0.25) is 0 Å². The van der Waals surface area contributed by atoms with Crippen molar-refractivity contribution in [2.75, 3.05) is 56.2 Å². The van der Waals surface area contributed by atoms with Gasteiger partial charge in [-0.1, -0.05) is 0 Å². The highest BCUT2D eigenvalue weighted by Crippen LogP contribution is 2.10. The predicted molar refractivity (Wildman–Crippen MR) is 55.6 cm³/mol. The molecule has 0 radical (unpaired) electrons. The van der Waals surface area contributed by atoms with Gasteiger partial charge in [0.1, 0.15) is 13.6 Å². The lowest BCUT2D eigenvalue weighted by Gasteiger charge is -2.25. The summed E-state index contributed by atoms with van der Waals surface area (Å²) < 4.78 is 32.6. The third-order valence-corrected chi connectivity index (χ3v) is 1.40. The zero-order chi connectivity index (χ0) is 12.9. The molecule has 0 aromatic heterocycles. The lowest BCUT2D eigenvalue weighted by molar-refractivity contribution is -0.472. The molecule has 0 aliphatic carbocycles. The van der Waals surface area contributed by atoms with Crippen molar-refractivity contribution in [3.05, 3.63) is 0 Å². The molecule has 100 valence electrons. The normalized spacial score (nSPS) is 10.9. The van der Waals surface area contributed by atoms with Crippen LogP contribution < -0.4 is 0 Å². The summed E-state index contributed by atoms with van der Waals surface area (Å²) in [6.07, 6.45) is -1.33. The lowest BCUT2D eigenvalue weighted by atomic mass is 11.0. The molecule has 0 aliphatic rings. The molecule has 0 aromatic rings. The minimum absolute atomic E-state index is 0.299. The summed E-state index contributed by atoms with van der Waals surface area (Å²) in [5.74, 6) is 0. The van der Waals surface area contributed by atoms with Crippen LogP contribution in [0.15, 0.2) is 0 Å². The lowest BCUT2D eigenvalue weighted by Crippen LogP contribution is -2.37. The van der Waals surface area contributed by atoms with Crippen molar-refractivity contribution < 1.29 is 33.2 Å². The predicted octanol–water partition coefficient (Wildman–Crippen LogP) is 0.394. The zero-order valence-corrected chi connectivity index (χ0v) is 10.8. The van der Waals surface area contributed by atoms with Crippen LogP contribution in [0.3, 0.4) is 0 Å². The first kappa shape index (κ1) is 18.1. The summed E-state index contributed by atoms with van der Waals surface area (Å²) >= 11 is 0. The van der Waals surface area contributed by atoms with Crippen molar-refractivity contribution in [2.45, 2.75) is 6.16 Å². The van der Waals surface area contributed by atoms with Crippen LogP contribution in [-0.4, -0.2) is 62.4 Å². The molecule has 0 saturated heterocycles. The second-order valence-corrected chi connectivity index (χ2v) is 2.33. The molecule has 0 saturated carbocycles. The molecule has 16 heavy (non-hydrogen) atoms. The van der Waals surface area contributed by atoms with Gasteiger partial charge in [0.05, 0.1) is 0 Å². The first-order chi connectivity index (χ1) is 7.66. The van der Waals surface area contributed by atoms with E-state index in [1.54, 1.807) is 14.2 Å². The molecular weight excluding hydrogens is 220 g/mol. The fourth-order valence-electron chi connectivity index (χ4n) is 0.701. The van der Waals surface area contributed by atoms with E-state index in [9.17, 15) is 0 Å². The van der Waals surface area contributed by atoms with Gasteiger partial charge in [-0.2, -0.15) is 0 Å². The van der Waals surface area contributed by atoms with Crippen LogP contribution in [-0.2, 0) is 33.2 Å². The Labute approximate surface area is 96.5 Å². The van der Waals surface area contributed by atoms with E-state index in [2.05, 4.69) is 14.2 Å². The first-order valence-electron chi connectivity index (χ1n) is 4.42. The van der Waals surface area contributed by atoms with Crippen molar-refractivity contribution in [3.63, 3.8) is 0 Å². The van der Waals surface area contributed by atoms with Gasteiger partial charge < -0.3 is 33.2 Å². The largest absolute Gasteiger partial charge is 0.411 e. The molecular formula is C9H22O7. The topological polar surface area (TPSA) is 64.6 Å². The second kappa shape index (κ2) is 12.8. The van der Waals surface area contributed by atoms with Crippen LogP contribution in [0.2, 0.25) is 0 Å². The molecule has 0 spiro atoms. The molecule has 0 rings (SSSR count). The maximum Gasteiger partial charge on any atom is 0.411 e. The molecule has 0 heterocycles. The Morgan fingerprint density at radius 3 is 1.06 bits per heavy atom. The Morgan fingerprint density at radius 1 is 0.625 bits per heavy atom. The summed E-state index contributed by atoms with van der Waals surface area (Å²) in [6.45, 7) is 0.599. The van der Waals surface area contributed by atoms with E-state index in [1.165, 1.54) is 28.4 Å². The van der Waals surface area contributed by atoms with Crippen molar-refractivity contribution in [1.82, 2.24) is 0 Å². The van der Waals surface area contributed by atoms with Gasteiger partial charge in [0.15, 0.2) is 0 Å². The summed E-state index contributed by atoms with van der Waals surface area (Å²) in [6, 6.07) is 0. The average molecular weight is 242 g/mol. The number of ether oxygens (including phenoxy) is 7. The van der Waals surface area contributed by atoms with Crippen molar-refractivity contribution in [1.29, 1.82) is 0 Å². The molecule has 0 aliphatic heterocycles. The fourth-order valence-corrected chi connectivity index (χ4v) is 0.701. The van der Waals surface area contributed by atoms with E-state index in [0.717, 1.165) is 0 Å².